The van der Waals surface area contributed by atoms with E-state index in [1.807, 2.05) is 24.3 Å². The number of carbonyl (C=O) groups excluding carboxylic acids is 1. The Balaban J connectivity index is 1.50. The van der Waals surface area contributed by atoms with Gasteiger partial charge in [-0.15, -0.1) is 0 Å². The van der Waals surface area contributed by atoms with E-state index in [2.05, 4.69) is 41.0 Å². The number of carbonyl (C=O) groups is 1. The van der Waals surface area contributed by atoms with Gasteiger partial charge in [-0.2, -0.15) is 4.37 Å². The minimum Gasteiger partial charge on any atom is -0.367 e. The van der Waals surface area contributed by atoms with E-state index >= 15 is 0 Å². The van der Waals surface area contributed by atoms with E-state index in [0.717, 1.165) is 18.7 Å². The van der Waals surface area contributed by atoms with Crippen LogP contribution in [0.25, 0.3) is 12.2 Å². The van der Waals surface area contributed by atoms with Gasteiger partial charge in [0.1, 0.15) is 5.82 Å². The molecule has 0 unspecified atom stereocenters. The fourth-order valence-corrected chi connectivity index (χ4v) is 3.53. The number of nitrogens with one attached hydrogen (secondary N) is 2. The summed E-state index contributed by atoms with van der Waals surface area (Å²) in [6.07, 6.45) is 6.64. The van der Waals surface area contributed by atoms with Gasteiger partial charge >= 0.3 is 0 Å². The predicted molar refractivity (Wildman–Crippen MR) is 101 cm³/mol. The summed E-state index contributed by atoms with van der Waals surface area (Å²) in [6, 6.07) is 7.82. The maximum absolute atomic E-state index is 12.2. The molecule has 126 valence electrons. The monoisotopic (exact) mass is 341 g/mol. The van der Waals surface area contributed by atoms with Crippen LogP contribution in [0.15, 0.2) is 24.3 Å². The molecule has 1 aromatic carbocycles. The van der Waals surface area contributed by atoms with Gasteiger partial charge in [0, 0.05) is 23.9 Å². The first-order valence-electron chi connectivity index (χ1n) is 8.43. The largest absolute Gasteiger partial charge is 0.367 e. The molecule has 0 aliphatic heterocycles. The lowest BCUT2D eigenvalue weighted by atomic mass is 10.0. The molecule has 24 heavy (non-hydrogen) atoms. The highest BCUT2D eigenvalue weighted by atomic mass is 32.1. The minimum atomic E-state index is -0.0349. The molecule has 1 amide bonds. The molecule has 0 fully saturated rings. The van der Waals surface area contributed by atoms with Crippen LogP contribution in [0.1, 0.15) is 48.5 Å². The van der Waals surface area contributed by atoms with Crippen molar-refractivity contribution in [2.24, 2.45) is 0 Å². The average Bonchev–Trinajstić information content (AvgIpc) is 3.02. The summed E-state index contributed by atoms with van der Waals surface area (Å²) >= 11 is 1.53. The highest BCUT2D eigenvalue weighted by molar-refractivity contribution is 7.03. The van der Waals surface area contributed by atoms with Crippen LogP contribution in [0.4, 0.5) is 5.82 Å². The van der Waals surface area contributed by atoms with Gasteiger partial charge in [0.05, 0.1) is 4.53 Å². The van der Waals surface area contributed by atoms with Crippen LogP contribution in [0.2, 0.25) is 0 Å². The standard InChI is InChI=1S/C19H23N3OS/c1-13(2)14-7-9-15(10-8-14)19(23)21-12-11-20-18-16-5-3-4-6-17(16)24-22-18/h5-10,13H,3-4,11-12H2,1-2H3,(H,20,22)(H,21,23). The third-order valence-electron chi connectivity index (χ3n) is 4.14. The fraction of sp³-hybridized carbons (Fsp3) is 0.368. The van der Waals surface area contributed by atoms with Crippen LogP contribution in [0, 0.1) is 0 Å². The van der Waals surface area contributed by atoms with E-state index in [9.17, 15) is 4.79 Å². The minimum absolute atomic E-state index is 0.0349. The van der Waals surface area contributed by atoms with Crippen LogP contribution in [0.5, 0.6) is 0 Å². The maximum Gasteiger partial charge on any atom is 0.251 e. The van der Waals surface area contributed by atoms with Gasteiger partial charge in [0.25, 0.3) is 5.91 Å². The number of amides is 1. The molecule has 1 aliphatic rings. The lowest BCUT2D eigenvalue weighted by Gasteiger charge is -2.08. The second kappa shape index (κ2) is 7.62. The van der Waals surface area contributed by atoms with Gasteiger partial charge in [0.15, 0.2) is 0 Å². The average molecular weight is 341 g/mol. The van der Waals surface area contributed by atoms with Crippen molar-refractivity contribution in [1.29, 1.82) is 0 Å². The maximum atomic E-state index is 12.2. The second-order valence-electron chi connectivity index (χ2n) is 6.25. The Morgan fingerprint density at radius 3 is 2.67 bits per heavy atom. The number of hydrogen-bond donors (Lipinski definition) is 2. The van der Waals surface area contributed by atoms with Gasteiger partial charge in [-0.05, 0) is 48.0 Å². The summed E-state index contributed by atoms with van der Waals surface area (Å²) in [4.78, 5) is 12.2. The van der Waals surface area contributed by atoms with Crippen molar-refractivity contribution >= 4 is 35.4 Å². The van der Waals surface area contributed by atoms with Crippen molar-refractivity contribution < 1.29 is 4.79 Å². The SMILES string of the molecule is CC(C)c1ccc(C(=O)NCCNc2nsc3c2=CCCC=3)cc1. The Bertz CT molecular complexity index is 821. The highest BCUT2D eigenvalue weighted by Crippen LogP contribution is 2.14. The lowest BCUT2D eigenvalue weighted by Crippen LogP contribution is -2.30. The third kappa shape index (κ3) is 3.85. The Morgan fingerprint density at radius 2 is 1.92 bits per heavy atom. The van der Waals surface area contributed by atoms with E-state index in [-0.39, 0.29) is 5.91 Å². The molecular weight excluding hydrogens is 318 g/mol. The molecule has 2 aromatic rings. The zero-order valence-corrected chi connectivity index (χ0v) is 15.0. The Kier molecular flexibility index (Phi) is 5.30. The quantitative estimate of drug-likeness (QED) is 0.794. The summed E-state index contributed by atoms with van der Waals surface area (Å²) in [6.45, 7) is 5.53. The number of benzene rings is 1. The first kappa shape index (κ1) is 16.7. The van der Waals surface area contributed by atoms with Crippen LogP contribution in [-0.4, -0.2) is 23.4 Å². The van der Waals surface area contributed by atoms with Crippen LogP contribution in [0.3, 0.4) is 0 Å². The summed E-state index contributed by atoms with van der Waals surface area (Å²) in [5.74, 6) is 1.37. The summed E-state index contributed by atoms with van der Waals surface area (Å²) in [5, 5.41) is 7.47. The second-order valence-corrected chi connectivity index (χ2v) is 7.06. The van der Waals surface area contributed by atoms with Crippen LogP contribution in [-0.2, 0) is 0 Å². The molecule has 0 saturated heterocycles. The smallest absolute Gasteiger partial charge is 0.251 e. The van der Waals surface area contributed by atoms with Gasteiger partial charge in [-0.25, -0.2) is 0 Å². The molecule has 0 saturated carbocycles. The zero-order valence-electron chi connectivity index (χ0n) is 14.1. The number of anilines is 1. The van der Waals surface area contributed by atoms with Crippen molar-refractivity contribution in [2.45, 2.75) is 32.6 Å². The van der Waals surface area contributed by atoms with E-state index in [1.165, 1.54) is 26.8 Å². The van der Waals surface area contributed by atoms with E-state index in [0.29, 0.717) is 24.6 Å². The van der Waals surface area contributed by atoms with E-state index < -0.39 is 0 Å². The molecule has 1 aliphatic carbocycles. The number of nitrogens with zero attached hydrogens (tertiary/aromatic N) is 1. The van der Waals surface area contributed by atoms with Gasteiger partial charge < -0.3 is 10.6 Å². The van der Waals surface area contributed by atoms with Gasteiger partial charge in [-0.3, -0.25) is 4.79 Å². The first-order chi connectivity index (χ1) is 11.6. The molecule has 1 heterocycles. The topological polar surface area (TPSA) is 54.0 Å². The normalized spacial score (nSPS) is 13.0. The van der Waals surface area contributed by atoms with Crippen molar-refractivity contribution in [3.63, 3.8) is 0 Å². The first-order valence-corrected chi connectivity index (χ1v) is 9.20. The Morgan fingerprint density at radius 1 is 1.17 bits per heavy atom. The van der Waals surface area contributed by atoms with Crippen molar-refractivity contribution in [3.8, 4) is 0 Å². The predicted octanol–water partition coefficient (Wildman–Crippen LogP) is 2.46. The Hall–Kier alpha value is -2.14. The number of fused-ring (bicyclic) bond motifs is 1. The van der Waals surface area contributed by atoms with Crippen molar-refractivity contribution in [1.82, 2.24) is 9.69 Å². The molecule has 0 radical (unpaired) electrons. The molecule has 5 heteroatoms. The lowest BCUT2D eigenvalue weighted by molar-refractivity contribution is 0.0955. The van der Waals surface area contributed by atoms with Crippen molar-refractivity contribution in [2.75, 3.05) is 18.4 Å². The summed E-state index contributed by atoms with van der Waals surface area (Å²) in [5.41, 5.74) is 1.95. The molecule has 0 spiro atoms. The van der Waals surface area contributed by atoms with Crippen LogP contribution < -0.4 is 20.4 Å². The molecule has 1 aromatic heterocycles. The fourth-order valence-electron chi connectivity index (χ4n) is 2.70. The number of rotatable bonds is 6. The van der Waals surface area contributed by atoms with Crippen LogP contribution >= 0.6 is 11.5 Å². The molecule has 0 atom stereocenters. The molecule has 3 rings (SSSR count). The van der Waals surface area contributed by atoms with Gasteiger partial charge in [-0.1, -0.05) is 38.1 Å². The molecule has 2 N–H and O–H groups in total. The van der Waals surface area contributed by atoms with Gasteiger partial charge in [0.2, 0.25) is 0 Å². The molecule has 0 bridgehead atoms. The third-order valence-corrected chi connectivity index (χ3v) is 5.00. The summed E-state index contributed by atoms with van der Waals surface area (Å²) < 4.78 is 5.70. The Labute approximate surface area is 146 Å². The number of hydrogen-bond acceptors (Lipinski definition) is 4. The van der Waals surface area contributed by atoms with E-state index in [4.69, 9.17) is 0 Å². The molecule has 4 nitrogen and oxygen atoms in total. The van der Waals surface area contributed by atoms with E-state index in [1.54, 1.807) is 0 Å². The summed E-state index contributed by atoms with van der Waals surface area (Å²) in [7, 11) is 0. The number of aromatic nitrogens is 1. The zero-order chi connectivity index (χ0) is 16.9. The highest BCUT2D eigenvalue weighted by Gasteiger charge is 2.07. The van der Waals surface area contributed by atoms with Crippen molar-refractivity contribution in [3.05, 3.63) is 45.1 Å². The molecular formula is C19H23N3OS.